The second kappa shape index (κ2) is 9.14. The number of carbonyl (C=O) groups excluding carboxylic acids is 2. The summed E-state index contributed by atoms with van der Waals surface area (Å²) in [6.45, 7) is 5.47. The van der Waals surface area contributed by atoms with Gasteiger partial charge in [-0.15, -0.1) is 6.58 Å². The molecule has 19 heavy (non-hydrogen) atoms. The molecule has 0 radical (unpaired) electrons. The fraction of sp³-hybridized carbons (Fsp3) is 0.467. The van der Waals surface area contributed by atoms with E-state index in [9.17, 15) is 9.59 Å². The van der Waals surface area contributed by atoms with Crippen molar-refractivity contribution in [3.05, 3.63) is 37.0 Å². The highest BCUT2D eigenvalue weighted by molar-refractivity contribution is 6.02. The van der Waals surface area contributed by atoms with Gasteiger partial charge in [-0.3, -0.25) is 9.59 Å². The molecule has 0 rings (SSSR count). The quantitative estimate of drug-likeness (QED) is 0.223. The molecule has 0 saturated heterocycles. The molecule has 0 aliphatic carbocycles. The van der Waals surface area contributed by atoms with Crippen LogP contribution in [0.5, 0.6) is 0 Å². The maximum atomic E-state index is 12.0. The van der Waals surface area contributed by atoms with Gasteiger partial charge in [0, 0.05) is 0 Å². The van der Waals surface area contributed by atoms with E-state index < -0.39 is 17.4 Å². The smallest absolute Gasteiger partial charge is 0.327 e. The first-order chi connectivity index (χ1) is 9.08. The molecule has 0 bridgehead atoms. The number of unbranched alkanes of at least 4 members (excludes halogenated alkanes) is 1. The van der Waals surface area contributed by atoms with Crippen LogP contribution in [0.3, 0.4) is 0 Å². The molecule has 0 saturated carbocycles. The van der Waals surface area contributed by atoms with Crippen LogP contribution in [0.4, 0.5) is 0 Å². The van der Waals surface area contributed by atoms with Gasteiger partial charge < -0.3 is 9.47 Å². The number of carbonyl (C=O) groups is 2. The molecule has 0 atom stereocenters. The maximum Gasteiger partial charge on any atom is 0.327 e. The molecule has 0 aromatic heterocycles. The molecule has 0 aliphatic rings. The second-order valence-corrected chi connectivity index (χ2v) is 4.02. The molecule has 4 nitrogen and oxygen atoms in total. The van der Waals surface area contributed by atoms with E-state index in [1.54, 1.807) is 24.3 Å². The lowest BCUT2D eigenvalue weighted by atomic mass is 9.82. The maximum absolute atomic E-state index is 12.0. The minimum Gasteiger partial charge on any atom is -0.468 e. The van der Waals surface area contributed by atoms with Gasteiger partial charge in [0.1, 0.15) is 0 Å². The van der Waals surface area contributed by atoms with E-state index in [1.807, 2.05) is 6.92 Å². The fourth-order valence-electron chi connectivity index (χ4n) is 1.73. The lowest BCUT2D eigenvalue weighted by Crippen LogP contribution is -2.39. The molecular weight excluding hydrogens is 244 g/mol. The molecule has 4 heteroatoms. The van der Waals surface area contributed by atoms with E-state index in [-0.39, 0.29) is 0 Å². The Labute approximate surface area is 114 Å². The molecule has 0 heterocycles. The van der Waals surface area contributed by atoms with Crippen molar-refractivity contribution in [2.24, 2.45) is 5.41 Å². The molecule has 0 spiro atoms. The summed E-state index contributed by atoms with van der Waals surface area (Å²) in [4.78, 5) is 24.0. The van der Waals surface area contributed by atoms with Crippen molar-refractivity contribution < 1.29 is 19.1 Å². The van der Waals surface area contributed by atoms with Crippen LogP contribution >= 0.6 is 0 Å². The zero-order valence-corrected chi connectivity index (χ0v) is 11.8. The SMILES string of the molecule is C=CCCCC(/C=C/C=C/C)(C(=O)OC)C(=O)OC. The van der Waals surface area contributed by atoms with Crippen molar-refractivity contribution in [3.8, 4) is 0 Å². The Morgan fingerprint density at radius 1 is 1.16 bits per heavy atom. The summed E-state index contributed by atoms with van der Waals surface area (Å²) in [7, 11) is 2.52. The number of hydrogen-bond acceptors (Lipinski definition) is 4. The molecule has 0 aromatic carbocycles. The van der Waals surface area contributed by atoms with Gasteiger partial charge in [-0.1, -0.05) is 30.4 Å². The summed E-state index contributed by atoms with van der Waals surface area (Å²) < 4.78 is 9.52. The molecule has 0 unspecified atom stereocenters. The summed E-state index contributed by atoms with van der Waals surface area (Å²) in [5.74, 6) is -1.21. The highest BCUT2D eigenvalue weighted by Gasteiger charge is 2.45. The van der Waals surface area contributed by atoms with Crippen molar-refractivity contribution in [1.82, 2.24) is 0 Å². The number of methoxy groups -OCH3 is 2. The first-order valence-electron chi connectivity index (χ1n) is 6.17. The Morgan fingerprint density at radius 3 is 2.16 bits per heavy atom. The summed E-state index contributed by atoms with van der Waals surface area (Å²) >= 11 is 0. The van der Waals surface area contributed by atoms with Crippen LogP contribution in [0.25, 0.3) is 0 Å². The van der Waals surface area contributed by atoms with E-state index >= 15 is 0 Å². The largest absolute Gasteiger partial charge is 0.468 e. The summed E-state index contributed by atoms with van der Waals surface area (Å²) in [5.41, 5.74) is -1.38. The Bertz CT molecular complexity index is 350. The van der Waals surface area contributed by atoms with Gasteiger partial charge in [0.2, 0.25) is 0 Å². The van der Waals surface area contributed by atoms with E-state index in [0.717, 1.165) is 0 Å². The Kier molecular flexibility index (Phi) is 8.25. The summed E-state index contributed by atoms with van der Waals surface area (Å²) in [5, 5.41) is 0. The lowest BCUT2D eigenvalue weighted by Gasteiger charge is -2.24. The first-order valence-corrected chi connectivity index (χ1v) is 6.17. The topological polar surface area (TPSA) is 52.6 Å². The molecule has 0 N–H and O–H groups in total. The molecule has 0 aliphatic heterocycles. The van der Waals surface area contributed by atoms with Gasteiger partial charge >= 0.3 is 11.9 Å². The number of hydrogen-bond donors (Lipinski definition) is 0. The Hall–Kier alpha value is -1.84. The predicted molar refractivity (Wildman–Crippen MR) is 74.5 cm³/mol. The summed E-state index contributed by atoms with van der Waals surface area (Å²) in [6.07, 6.45) is 10.2. The van der Waals surface area contributed by atoms with Gasteiger partial charge in [0.15, 0.2) is 5.41 Å². The first kappa shape index (κ1) is 17.2. The van der Waals surface area contributed by atoms with Crippen LogP contribution < -0.4 is 0 Å². The van der Waals surface area contributed by atoms with Gasteiger partial charge in [-0.05, 0) is 26.2 Å². The van der Waals surface area contributed by atoms with Gasteiger partial charge in [-0.25, -0.2) is 0 Å². The van der Waals surface area contributed by atoms with E-state index in [4.69, 9.17) is 9.47 Å². The number of ether oxygens (including phenoxy) is 2. The Balaban J connectivity index is 5.37. The molecule has 0 aromatic rings. The average molecular weight is 266 g/mol. The van der Waals surface area contributed by atoms with Gasteiger partial charge in [-0.2, -0.15) is 0 Å². The van der Waals surface area contributed by atoms with Crippen LogP contribution in [0.2, 0.25) is 0 Å². The molecule has 0 amide bonds. The predicted octanol–water partition coefficient (Wildman–Crippen LogP) is 2.81. The number of allylic oxidation sites excluding steroid dienone is 4. The van der Waals surface area contributed by atoms with E-state index in [1.165, 1.54) is 20.3 Å². The van der Waals surface area contributed by atoms with Gasteiger partial charge in [0.25, 0.3) is 0 Å². The van der Waals surface area contributed by atoms with Crippen molar-refractivity contribution in [2.45, 2.75) is 26.2 Å². The lowest BCUT2D eigenvalue weighted by molar-refractivity contribution is -0.165. The third-order valence-electron chi connectivity index (χ3n) is 2.76. The van der Waals surface area contributed by atoms with Crippen LogP contribution in [0.1, 0.15) is 26.2 Å². The standard InChI is InChI=1S/C15H22O4/c1-5-7-9-11-15(13(16)18-3,14(17)19-4)12-10-8-6-2/h5-6,8,10,12H,1,7,9,11H2,2-4H3/b8-6+,12-10+. The van der Waals surface area contributed by atoms with Gasteiger partial charge in [0.05, 0.1) is 14.2 Å². The van der Waals surface area contributed by atoms with Crippen molar-refractivity contribution in [2.75, 3.05) is 14.2 Å². The second-order valence-electron chi connectivity index (χ2n) is 4.02. The van der Waals surface area contributed by atoms with Crippen LogP contribution in [-0.2, 0) is 19.1 Å². The zero-order valence-electron chi connectivity index (χ0n) is 11.8. The van der Waals surface area contributed by atoms with Crippen molar-refractivity contribution in [3.63, 3.8) is 0 Å². The number of rotatable bonds is 8. The minimum atomic E-state index is -1.38. The van der Waals surface area contributed by atoms with E-state index in [2.05, 4.69) is 6.58 Å². The monoisotopic (exact) mass is 266 g/mol. The highest BCUT2D eigenvalue weighted by Crippen LogP contribution is 2.30. The molecular formula is C15H22O4. The minimum absolute atomic E-state index is 0.326. The van der Waals surface area contributed by atoms with Crippen molar-refractivity contribution in [1.29, 1.82) is 0 Å². The van der Waals surface area contributed by atoms with Crippen LogP contribution in [-0.4, -0.2) is 26.2 Å². The van der Waals surface area contributed by atoms with Crippen LogP contribution in [0, 0.1) is 5.41 Å². The summed E-state index contributed by atoms with van der Waals surface area (Å²) in [6, 6.07) is 0. The van der Waals surface area contributed by atoms with E-state index in [0.29, 0.717) is 19.3 Å². The average Bonchev–Trinajstić information content (AvgIpc) is 2.44. The highest BCUT2D eigenvalue weighted by atomic mass is 16.5. The molecule has 106 valence electrons. The Morgan fingerprint density at radius 2 is 1.74 bits per heavy atom. The van der Waals surface area contributed by atoms with Crippen LogP contribution in [0.15, 0.2) is 37.0 Å². The third-order valence-corrected chi connectivity index (χ3v) is 2.76. The molecule has 0 fully saturated rings. The van der Waals surface area contributed by atoms with Crippen molar-refractivity contribution >= 4 is 11.9 Å². The third kappa shape index (κ3) is 4.73. The zero-order chi connectivity index (χ0) is 14.7. The fourth-order valence-corrected chi connectivity index (χ4v) is 1.73. The number of esters is 2. The normalized spacial score (nSPS) is 11.7.